The zero-order chi connectivity index (χ0) is 18.1. The van der Waals surface area contributed by atoms with Crippen molar-refractivity contribution < 1.29 is 4.79 Å². The Hall–Kier alpha value is -2.31. The SMILES string of the molecule is Cc1ccc(-c2cc(C(=O)N3CCN(c4cccc(Cl)c4)CC3)n[nH]2)s1. The minimum absolute atomic E-state index is 0.0217. The van der Waals surface area contributed by atoms with E-state index in [-0.39, 0.29) is 5.91 Å². The van der Waals surface area contributed by atoms with E-state index in [1.54, 1.807) is 11.3 Å². The molecule has 134 valence electrons. The second-order valence-electron chi connectivity index (χ2n) is 6.34. The third kappa shape index (κ3) is 3.48. The molecule has 26 heavy (non-hydrogen) atoms. The van der Waals surface area contributed by atoms with Crippen LogP contribution in [0, 0.1) is 6.92 Å². The van der Waals surface area contributed by atoms with E-state index in [4.69, 9.17) is 11.6 Å². The fourth-order valence-corrected chi connectivity index (χ4v) is 4.16. The number of thiophene rings is 1. The number of anilines is 1. The first-order chi connectivity index (χ1) is 12.6. The zero-order valence-electron chi connectivity index (χ0n) is 14.4. The van der Waals surface area contributed by atoms with Gasteiger partial charge in [0.15, 0.2) is 5.69 Å². The number of amides is 1. The molecule has 1 aromatic carbocycles. The van der Waals surface area contributed by atoms with E-state index in [0.717, 1.165) is 34.4 Å². The van der Waals surface area contributed by atoms with Crippen molar-refractivity contribution in [1.29, 1.82) is 0 Å². The first-order valence-corrected chi connectivity index (χ1v) is 9.71. The van der Waals surface area contributed by atoms with Gasteiger partial charge in [0.1, 0.15) is 0 Å². The smallest absolute Gasteiger partial charge is 0.274 e. The lowest BCUT2D eigenvalue weighted by molar-refractivity contribution is 0.0741. The van der Waals surface area contributed by atoms with Crippen molar-refractivity contribution >= 4 is 34.5 Å². The average Bonchev–Trinajstić information content (AvgIpc) is 3.30. The molecule has 0 bridgehead atoms. The normalized spacial score (nSPS) is 14.7. The van der Waals surface area contributed by atoms with E-state index in [2.05, 4.69) is 28.1 Å². The highest BCUT2D eigenvalue weighted by molar-refractivity contribution is 7.15. The van der Waals surface area contributed by atoms with Gasteiger partial charge in [0, 0.05) is 41.8 Å². The monoisotopic (exact) mass is 386 g/mol. The minimum atomic E-state index is -0.0217. The maximum Gasteiger partial charge on any atom is 0.274 e. The van der Waals surface area contributed by atoms with E-state index in [1.165, 1.54) is 4.88 Å². The van der Waals surface area contributed by atoms with Crippen molar-refractivity contribution in [3.63, 3.8) is 0 Å². The molecule has 1 N–H and O–H groups in total. The molecule has 3 heterocycles. The molecule has 4 rings (SSSR count). The van der Waals surface area contributed by atoms with Crippen LogP contribution in [-0.2, 0) is 0 Å². The van der Waals surface area contributed by atoms with Gasteiger partial charge in [-0.15, -0.1) is 11.3 Å². The number of nitrogens with one attached hydrogen (secondary N) is 1. The van der Waals surface area contributed by atoms with Crippen LogP contribution in [0.2, 0.25) is 5.02 Å². The van der Waals surface area contributed by atoms with Crippen LogP contribution in [0.5, 0.6) is 0 Å². The highest BCUT2D eigenvalue weighted by Gasteiger charge is 2.24. The van der Waals surface area contributed by atoms with Crippen LogP contribution in [0.3, 0.4) is 0 Å². The maximum atomic E-state index is 12.8. The van der Waals surface area contributed by atoms with Crippen LogP contribution in [0.1, 0.15) is 15.4 Å². The molecule has 5 nitrogen and oxygen atoms in total. The molecule has 0 spiro atoms. The second kappa shape index (κ2) is 7.13. The van der Waals surface area contributed by atoms with Crippen LogP contribution in [0.4, 0.5) is 5.69 Å². The molecule has 0 unspecified atom stereocenters. The molecule has 1 fully saturated rings. The Kier molecular flexibility index (Phi) is 4.70. The lowest BCUT2D eigenvalue weighted by Crippen LogP contribution is -2.48. The van der Waals surface area contributed by atoms with Crippen LogP contribution in [0.25, 0.3) is 10.6 Å². The predicted molar refractivity (Wildman–Crippen MR) is 106 cm³/mol. The molecule has 1 saturated heterocycles. The van der Waals surface area contributed by atoms with Gasteiger partial charge in [-0.2, -0.15) is 5.10 Å². The fourth-order valence-electron chi connectivity index (χ4n) is 3.14. The molecule has 0 aliphatic carbocycles. The Morgan fingerprint density at radius 3 is 2.65 bits per heavy atom. The molecule has 3 aromatic rings. The Balaban J connectivity index is 1.41. The van der Waals surface area contributed by atoms with E-state index >= 15 is 0 Å². The summed E-state index contributed by atoms with van der Waals surface area (Å²) < 4.78 is 0. The summed E-state index contributed by atoms with van der Waals surface area (Å²) in [7, 11) is 0. The lowest BCUT2D eigenvalue weighted by atomic mass is 10.2. The Morgan fingerprint density at radius 2 is 1.96 bits per heavy atom. The van der Waals surface area contributed by atoms with Crippen molar-refractivity contribution in [2.24, 2.45) is 0 Å². The standard InChI is InChI=1S/C19H19ClN4OS/c1-13-5-6-18(26-13)16-12-17(22-21-16)19(25)24-9-7-23(8-10-24)15-4-2-3-14(20)11-15/h2-6,11-12H,7-10H2,1H3,(H,21,22). The first kappa shape index (κ1) is 17.1. The van der Waals surface area contributed by atoms with Gasteiger partial charge in [0.05, 0.1) is 10.6 Å². The van der Waals surface area contributed by atoms with Gasteiger partial charge in [0.2, 0.25) is 0 Å². The van der Waals surface area contributed by atoms with Gasteiger partial charge >= 0.3 is 0 Å². The minimum Gasteiger partial charge on any atom is -0.368 e. The molecule has 1 amide bonds. The Morgan fingerprint density at radius 1 is 1.15 bits per heavy atom. The molecule has 0 atom stereocenters. The number of benzene rings is 1. The van der Waals surface area contributed by atoms with E-state index in [0.29, 0.717) is 18.8 Å². The molecule has 0 radical (unpaired) electrons. The number of carbonyl (C=O) groups excluding carboxylic acids is 1. The summed E-state index contributed by atoms with van der Waals surface area (Å²) in [5.74, 6) is -0.0217. The molecule has 1 aliphatic rings. The molecule has 2 aromatic heterocycles. The fraction of sp³-hybridized carbons (Fsp3) is 0.263. The van der Waals surface area contributed by atoms with Crippen LogP contribution in [-0.4, -0.2) is 47.2 Å². The van der Waals surface area contributed by atoms with Gasteiger partial charge in [-0.3, -0.25) is 9.89 Å². The maximum absolute atomic E-state index is 12.8. The van der Waals surface area contributed by atoms with Gasteiger partial charge in [0.25, 0.3) is 5.91 Å². The van der Waals surface area contributed by atoms with Crippen LogP contribution >= 0.6 is 22.9 Å². The molecule has 7 heteroatoms. The van der Waals surface area contributed by atoms with Gasteiger partial charge in [-0.25, -0.2) is 0 Å². The average molecular weight is 387 g/mol. The third-order valence-corrected chi connectivity index (χ3v) is 5.81. The predicted octanol–water partition coefficient (Wildman–Crippen LogP) is 4.06. The van der Waals surface area contributed by atoms with Crippen molar-refractivity contribution in [3.8, 4) is 10.6 Å². The summed E-state index contributed by atoms with van der Waals surface area (Å²) in [6.07, 6.45) is 0. The number of halogens is 1. The number of hydrogen-bond acceptors (Lipinski definition) is 4. The molecule has 1 aliphatic heterocycles. The Bertz CT molecular complexity index is 927. The van der Waals surface area contributed by atoms with Gasteiger partial charge in [-0.1, -0.05) is 17.7 Å². The summed E-state index contributed by atoms with van der Waals surface area (Å²) in [6, 6.07) is 13.8. The second-order valence-corrected chi connectivity index (χ2v) is 8.06. The number of rotatable bonds is 3. The number of carbonyl (C=O) groups is 1. The number of nitrogens with zero attached hydrogens (tertiary/aromatic N) is 3. The summed E-state index contributed by atoms with van der Waals surface area (Å²) in [4.78, 5) is 19.2. The first-order valence-electron chi connectivity index (χ1n) is 8.52. The Labute approximate surface area is 161 Å². The van der Waals surface area contributed by atoms with Gasteiger partial charge in [-0.05, 0) is 43.3 Å². The molecule has 0 saturated carbocycles. The van der Waals surface area contributed by atoms with E-state index < -0.39 is 0 Å². The summed E-state index contributed by atoms with van der Waals surface area (Å²) in [5.41, 5.74) is 2.46. The van der Waals surface area contributed by atoms with E-state index in [9.17, 15) is 4.79 Å². The number of hydrogen-bond donors (Lipinski definition) is 1. The zero-order valence-corrected chi connectivity index (χ0v) is 16.0. The lowest BCUT2D eigenvalue weighted by Gasteiger charge is -2.35. The largest absolute Gasteiger partial charge is 0.368 e. The number of aryl methyl sites for hydroxylation is 1. The van der Waals surface area contributed by atoms with Crippen molar-refractivity contribution in [3.05, 3.63) is 58.1 Å². The molecular formula is C19H19ClN4OS. The highest BCUT2D eigenvalue weighted by Crippen LogP contribution is 2.27. The molecular weight excluding hydrogens is 368 g/mol. The summed E-state index contributed by atoms with van der Waals surface area (Å²) in [5, 5.41) is 7.94. The topological polar surface area (TPSA) is 52.2 Å². The third-order valence-electron chi connectivity index (χ3n) is 4.54. The number of aromatic nitrogens is 2. The van der Waals surface area contributed by atoms with Crippen LogP contribution in [0.15, 0.2) is 42.5 Å². The number of aromatic amines is 1. The van der Waals surface area contributed by atoms with Crippen LogP contribution < -0.4 is 4.90 Å². The van der Waals surface area contributed by atoms with E-state index in [1.807, 2.05) is 41.3 Å². The van der Waals surface area contributed by atoms with Crippen molar-refractivity contribution in [2.75, 3.05) is 31.1 Å². The summed E-state index contributed by atoms with van der Waals surface area (Å²) in [6.45, 7) is 4.98. The van der Waals surface area contributed by atoms with Crippen molar-refractivity contribution in [1.82, 2.24) is 15.1 Å². The quantitative estimate of drug-likeness (QED) is 0.738. The highest BCUT2D eigenvalue weighted by atomic mass is 35.5. The number of piperazine rings is 1. The number of H-pyrrole nitrogens is 1. The van der Waals surface area contributed by atoms with Crippen molar-refractivity contribution in [2.45, 2.75) is 6.92 Å². The summed E-state index contributed by atoms with van der Waals surface area (Å²) >= 11 is 7.76. The van der Waals surface area contributed by atoms with Gasteiger partial charge < -0.3 is 9.80 Å².